The molecule has 0 spiro atoms. The fraction of sp³-hybridized carbons (Fsp3) is 0.154. The average Bonchev–Trinajstić information content (AvgIpc) is 2.35. The normalized spacial score (nSPS) is 10.2. The van der Waals surface area contributed by atoms with E-state index in [0.29, 0.717) is 6.54 Å². The summed E-state index contributed by atoms with van der Waals surface area (Å²) in [5, 5.41) is 2.64. The lowest BCUT2D eigenvalue weighted by Gasteiger charge is -2.05. The summed E-state index contributed by atoms with van der Waals surface area (Å²) in [6, 6.07) is 8.73. The third kappa shape index (κ3) is 3.41. The standard InChI is InChI=1S/C13H13N3O3/c1-8-3-2-4-9(5-8)7-14-12(18)10-6-11(17)16-13(19)15-10/h2-6H,7H2,1H3,(H,14,18)(H2,15,16,17,19). The first-order chi connectivity index (χ1) is 9.04. The van der Waals surface area contributed by atoms with Gasteiger partial charge in [-0.2, -0.15) is 0 Å². The number of carbonyl (C=O) groups is 1. The van der Waals surface area contributed by atoms with Crippen LogP contribution in [0, 0.1) is 6.92 Å². The molecule has 0 bridgehead atoms. The van der Waals surface area contributed by atoms with Crippen LogP contribution in [0.4, 0.5) is 0 Å². The third-order valence-corrected chi connectivity index (χ3v) is 2.54. The monoisotopic (exact) mass is 259 g/mol. The van der Waals surface area contributed by atoms with E-state index in [-0.39, 0.29) is 5.69 Å². The van der Waals surface area contributed by atoms with Crippen LogP contribution in [-0.4, -0.2) is 15.9 Å². The van der Waals surface area contributed by atoms with Crippen molar-refractivity contribution < 1.29 is 4.79 Å². The third-order valence-electron chi connectivity index (χ3n) is 2.54. The van der Waals surface area contributed by atoms with Gasteiger partial charge in [-0.3, -0.25) is 14.6 Å². The van der Waals surface area contributed by atoms with E-state index < -0.39 is 17.2 Å². The van der Waals surface area contributed by atoms with Gasteiger partial charge in [0, 0.05) is 12.6 Å². The maximum Gasteiger partial charge on any atom is 0.326 e. The zero-order valence-electron chi connectivity index (χ0n) is 10.3. The molecule has 0 aliphatic rings. The molecule has 0 atom stereocenters. The van der Waals surface area contributed by atoms with E-state index in [1.54, 1.807) is 0 Å². The first-order valence-electron chi connectivity index (χ1n) is 5.72. The molecular formula is C13H13N3O3. The zero-order valence-corrected chi connectivity index (χ0v) is 10.3. The molecule has 0 radical (unpaired) electrons. The molecule has 0 fully saturated rings. The predicted molar refractivity (Wildman–Crippen MR) is 70.0 cm³/mol. The van der Waals surface area contributed by atoms with E-state index in [1.807, 2.05) is 36.2 Å². The van der Waals surface area contributed by atoms with Gasteiger partial charge in [0.2, 0.25) is 0 Å². The molecule has 0 saturated heterocycles. The Hall–Kier alpha value is -2.63. The highest BCUT2D eigenvalue weighted by atomic mass is 16.2. The Morgan fingerprint density at radius 3 is 2.68 bits per heavy atom. The highest BCUT2D eigenvalue weighted by molar-refractivity contribution is 5.91. The number of aromatic nitrogens is 2. The summed E-state index contributed by atoms with van der Waals surface area (Å²) in [7, 11) is 0. The summed E-state index contributed by atoms with van der Waals surface area (Å²) in [6.45, 7) is 2.29. The van der Waals surface area contributed by atoms with Crippen molar-refractivity contribution in [2.45, 2.75) is 13.5 Å². The van der Waals surface area contributed by atoms with Crippen molar-refractivity contribution in [3.8, 4) is 0 Å². The molecule has 0 aliphatic heterocycles. The van der Waals surface area contributed by atoms with Gasteiger partial charge in [0.25, 0.3) is 11.5 Å². The molecule has 2 aromatic rings. The van der Waals surface area contributed by atoms with Crippen LogP contribution in [0.1, 0.15) is 21.6 Å². The Balaban J connectivity index is 2.09. The van der Waals surface area contributed by atoms with E-state index in [0.717, 1.165) is 17.2 Å². The largest absolute Gasteiger partial charge is 0.347 e. The van der Waals surface area contributed by atoms with Gasteiger partial charge in [-0.05, 0) is 12.5 Å². The number of benzene rings is 1. The molecule has 98 valence electrons. The van der Waals surface area contributed by atoms with Crippen LogP contribution in [-0.2, 0) is 6.54 Å². The number of hydrogen-bond donors (Lipinski definition) is 3. The van der Waals surface area contributed by atoms with E-state index in [4.69, 9.17) is 0 Å². The SMILES string of the molecule is Cc1cccc(CNC(=O)c2cc(=O)[nH]c(=O)[nH]2)c1. The molecular weight excluding hydrogens is 246 g/mol. The first kappa shape index (κ1) is 12.8. The number of H-pyrrole nitrogens is 2. The fourth-order valence-corrected chi connectivity index (χ4v) is 1.69. The lowest BCUT2D eigenvalue weighted by molar-refractivity contribution is 0.0945. The number of aromatic amines is 2. The minimum Gasteiger partial charge on any atom is -0.347 e. The topological polar surface area (TPSA) is 94.8 Å². The lowest BCUT2D eigenvalue weighted by Crippen LogP contribution is -2.30. The van der Waals surface area contributed by atoms with Gasteiger partial charge in [-0.25, -0.2) is 4.79 Å². The van der Waals surface area contributed by atoms with Crippen LogP contribution in [0.3, 0.4) is 0 Å². The lowest BCUT2D eigenvalue weighted by atomic mass is 10.1. The maximum absolute atomic E-state index is 11.8. The fourth-order valence-electron chi connectivity index (χ4n) is 1.69. The molecule has 6 heteroatoms. The molecule has 0 unspecified atom stereocenters. The number of nitrogens with one attached hydrogen (secondary N) is 3. The van der Waals surface area contributed by atoms with Crippen molar-refractivity contribution in [1.29, 1.82) is 0 Å². The molecule has 1 aromatic carbocycles. The molecule has 19 heavy (non-hydrogen) atoms. The van der Waals surface area contributed by atoms with Crippen LogP contribution >= 0.6 is 0 Å². The van der Waals surface area contributed by atoms with Gasteiger partial charge in [-0.1, -0.05) is 29.8 Å². The molecule has 1 amide bonds. The number of amides is 1. The Morgan fingerprint density at radius 2 is 2.00 bits per heavy atom. The summed E-state index contributed by atoms with van der Waals surface area (Å²) in [4.78, 5) is 38.2. The van der Waals surface area contributed by atoms with Gasteiger partial charge in [0.05, 0.1) is 0 Å². The summed E-state index contributed by atoms with van der Waals surface area (Å²) < 4.78 is 0. The van der Waals surface area contributed by atoms with Crippen molar-refractivity contribution in [2.24, 2.45) is 0 Å². The molecule has 6 nitrogen and oxygen atoms in total. The number of aryl methyl sites for hydroxylation is 1. The van der Waals surface area contributed by atoms with Crippen LogP contribution in [0.2, 0.25) is 0 Å². The van der Waals surface area contributed by atoms with Gasteiger partial charge < -0.3 is 10.3 Å². The second-order valence-corrected chi connectivity index (χ2v) is 4.17. The molecule has 1 heterocycles. The zero-order chi connectivity index (χ0) is 13.8. The Kier molecular flexibility index (Phi) is 3.61. The van der Waals surface area contributed by atoms with E-state index in [9.17, 15) is 14.4 Å². The van der Waals surface area contributed by atoms with Crippen molar-refractivity contribution >= 4 is 5.91 Å². The van der Waals surface area contributed by atoms with E-state index in [1.165, 1.54) is 0 Å². The van der Waals surface area contributed by atoms with Gasteiger partial charge in [0.1, 0.15) is 5.69 Å². The Bertz CT molecular complexity index is 687. The van der Waals surface area contributed by atoms with E-state index >= 15 is 0 Å². The Labute approximate surface area is 108 Å². The quantitative estimate of drug-likeness (QED) is 0.740. The number of hydrogen-bond acceptors (Lipinski definition) is 3. The predicted octanol–water partition coefficient (Wildman–Crippen LogP) is 0.302. The van der Waals surface area contributed by atoms with Gasteiger partial charge in [0.15, 0.2) is 0 Å². The summed E-state index contributed by atoms with van der Waals surface area (Å²) in [5.41, 5.74) is 0.677. The molecule has 2 rings (SSSR count). The molecule has 3 N–H and O–H groups in total. The highest BCUT2D eigenvalue weighted by Gasteiger charge is 2.07. The van der Waals surface area contributed by atoms with Crippen LogP contribution in [0.15, 0.2) is 39.9 Å². The van der Waals surface area contributed by atoms with Crippen molar-refractivity contribution in [1.82, 2.24) is 15.3 Å². The smallest absolute Gasteiger partial charge is 0.326 e. The highest BCUT2D eigenvalue weighted by Crippen LogP contribution is 2.03. The van der Waals surface area contributed by atoms with Crippen LogP contribution in [0.5, 0.6) is 0 Å². The maximum atomic E-state index is 11.8. The second kappa shape index (κ2) is 5.34. The molecule has 0 saturated carbocycles. The van der Waals surface area contributed by atoms with E-state index in [2.05, 4.69) is 10.3 Å². The van der Waals surface area contributed by atoms with Gasteiger partial charge in [-0.15, -0.1) is 0 Å². The average molecular weight is 259 g/mol. The minimum atomic E-state index is -0.701. The van der Waals surface area contributed by atoms with Gasteiger partial charge >= 0.3 is 5.69 Å². The van der Waals surface area contributed by atoms with Crippen LogP contribution < -0.4 is 16.6 Å². The Morgan fingerprint density at radius 1 is 1.21 bits per heavy atom. The summed E-state index contributed by atoms with van der Waals surface area (Å²) in [5.74, 6) is -0.496. The first-order valence-corrected chi connectivity index (χ1v) is 5.72. The van der Waals surface area contributed by atoms with Crippen LogP contribution in [0.25, 0.3) is 0 Å². The molecule has 0 aliphatic carbocycles. The second-order valence-electron chi connectivity index (χ2n) is 4.17. The summed E-state index contributed by atoms with van der Waals surface area (Å²) in [6.07, 6.45) is 0. The van der Waals surface area contributed by atoms with Crippen molar-refractivity contribution in [3.05, 3.63) is 68.0 Å². The summed E-state index contributed by atoms with van der Waals surface area (Å²) >= 11 is 0. The molecule has 1 aromatic heterocycles. The minimum absolute atomic E-state index is 0.0543. The van der Waals surface area contributed by atoms with Crippen molar-refractivity contribution in [2.75, 3.05) is 0 Å². The number of carbonyl (C=O) groups excluding carboxylic acids is 1. The number of rotatable bonds is 3. The van der Waals surface area contributed by atoms with Crippen molar-refractivity contribution in [3.63, 3.8) is 0 Å².